The monoisotopic (exact) mass is 706 g/mol. The van der Waals surface area contributed by atoms with Gasteiger partial charge < -0.3 is 24.6 Å². The molecule has 2 aromatic heterocycles. The van der Waals surface area contributed by atoms with Crippen molar-refractivity contribution in [2.24, 2.45) is 5.92 Å². The fraction of sp³-hybridized carbons (Fsp3) is 0.568. The number of carbonyl (C=O) groups excluding carboxylic acids is 4. The number of aromatic nitrogens is 2. The number of anilines is 2. The molecule has 2 unspecified atom stereocenters. The van der Waals surface area contributed by atoms with Crippen molar-refractivity contribution in [2.45, 2.75) is 104 Å². The lowest BCUT2D eigenvalue weighted by atomic mass is 9.89. The Morgan fingerprint density at radius 3 is 2.18 bits per heavy atom. The van der Waals surface area contributed by atoms with E-state index in [1.54, 1.807) is 70.8 Å². The first-order valence-corrected chi connectivity index (χ1v) is 18.1. The molecule has 2 atom stereocenters. The summed E-state index contributed by atoms with van der Waals surface area (Å²) in [4.78, 5) is 67.6. The molecule has 1 N–H and O–H groups in total. The molecule has 4 heterocycles. The van der Waals surface area contributed by atoms with E-state index in [-0.39, 0.29) is 23.5 Å². The zero-order chi connectivity index (χ0) is 36.5. The molecular formula is C37H50N6O6S. The van der Waals surface area contributed by atoms with Gasteiger partial charge in [-0.2, -0.15) is 4.90 Å². The summed E-state index contributed by atoms with van der Waals surface area (Å²) in [6, 6.07) is 7.51. The van der Waals surface area contributed by atoms with Crippen LogP contribution in [0, 0.1) is 12.8 Å². The predicted octanol–water partition coefficient (Wildman–Crippen LogP) is 7.42. The van der Waals surface area contributed by atoms with Crippen LogP contribution in [-0.2, 0) is 19.1 Å². The number of nitrogens with one attached hydrogen (secondary N) is 1. The van der Waals surface area contributed by atoms with Crippen LogP contribution in [0.2, 0.25) is 0 Å². The van der Waals surface area contributed by atoms with Crippen LogP contribution in [0.3, 0.4) is 0 Å². The largest absolute Gasteiger partial charge is 0.443 e. The van der Waals surface area contributed by atoms with E-state index in [4.69, 9.17) is 14.5 Å². The Morgan fingerprint density at radius 2 is 1.58 bits per heavy atom. The number of fused-ring (bicyclic) bond motifs is 1. The number of carbonyl (C=O) groups is 4. The maximum absolute atomic E-state index is 13.8. The molecule has 2 aliphatic rings. The third kappa shape index (κ3) is 8.97. The Hall–Kier alpha value is -4.10. The minimum absolute atomic E-state index is 0.0147. The fourth-order valence-corrected chi connectivity index (χ4v) is 7.49. The van der Waals surface area contributed by atoms with Gasteiger partial charge in [0.1, 0.15) is 11.2 Å². The molecule has 2 saturated heterocycles. The molecule has 50 heavy (non-hydrogen) atoms. The Kier molecular flexibility index (Phi) is 10.9. The average Bonchev–Trinajstić information content (AvgIpc) is 3.44. The maximum Gasteiger partial charge on any atom is 0.425 e. The van der Waals surface area contributed by atoms with Gasteiger partial charge in [0.15, 0.2) is 5.82 Å². The summed E-state index contributed by atoms with van der Waals surface area (Å²) in [5.74, 6) is -0.753. The Morgan fingerprint density at radius 1 is 0.940 bits per heavy atom. The first-order valence-electron chi connectivity index (χ1n) is 17.3. The molecular weight excluding hydrogens is 657 g/mol. The van der Waals surface area contributed by atoms with Crippen molar-refractivity contribution in [2.75, 3.05) is 36.9 Å². The minimum Gasteiger partial charge on any atom is -0.443 e. The second-order valence-electron chi connectivity index (χ2n) is 15.6. The summed E-state index contributed by atoms with van der Waals surface area (Å²) in [5, 5.41) is 3.85. The molecule has 2 aliphatic heterocycles. The molecule has 0 bridgehead atoms. The number of amides is 4. The van der Waals surface area contributed by atoms with E-state index in [0.717, 1.165) is 59.5 Å². The predicted molar refractivity (Wildman–Crippen MR) is 194 cm³/mol. The van der Waals surface area contributed by atoms with Gasteiger partial charge in [0.25, 0.3) is 0 Å². The van der Waals surface area contributed by atoms with Gasteiger partial charge in [-0.05, 0) is 130 Å². The molecule has 0 spiro atoms. The lowest BCUT2D eigenvalue weighted by Crippen LogP contribution is -2.46. The molecule has 13 heteroatoms. The van der Waals surface area contributed by atoms with E-state index in [2.05, 4.69) is 47.4 Å². The molecule has 0 saturated carbocycles. The van der Waals surface area contributed by atoms with Crippen molar-refractivity contribution < 1.29 is 28.7 Å². The highest BCUT2D eigenvalue weighted by molar-refractivity contribution is 7.18. The molecule has 4 amide bonds. The highest BCUT2D eigenvalue weighted by Crippen LogP contribution is 2.38. The molecule has 3 aromatic rings. The van der Waals surface area contributed by atoms with Gasteiger partial charge in [0.2, 0.25) is 0 Å². The van der Waals surface area contributed by atoms with E-state index in [1.165, 1.54) is 11.2 Å². The summed E-state index contributed by atoms with van der Waals surface area (Å²) in [7, 11) is 2.16. The first-order chi connectivity index (χ1) is 23.4. The van der Waals surface area contributed by atoms with Crippen LogP contribution in [0.15, 0.2) is 30.5 Å². The topological polar surface area (TPSA) is 134 Å². The van der Waals surface area contributed by atoms with Crippen LogP contribution in [0.4, 0.5) is 21.1 Å². The van der Waals surface area contributed by atoms with Crippen molar-refractivity contribution in [3.05, 3.63) is 46.6 Å². The standard InChI is InChI=1S/C37H50N6O6S/c1-22-10-12-28(25-11-13-29-27(19-25)40-32(50-29)24-14-16-41(9)17-15-24)42(21-22)33(45)31(44)39-26-18-23(2)30(38-20-26)43(34(46)48-36(3,4)5)35(47)49-37(6,7)8/h11,13,18-20,22,24,28H,10,12,14-17,21H2,1-9H3,(H,39,44). The van der Waals surface area contributed by atoms with Gasteiger partial charge in [-0.1, -0.05) is 13.0 Å². The number of ether oxygens (including phenoxy) is 2. The number of hydrogen-bond acceptors (Lipinski definition) is 10. The van der Waals surface area contributed by atoms with Crippen molar-refractivity contribution in [1.82, 2.24) is 19.8 Å². The third-order valence-electron chi connectivity index (χ3n) is 8.83. The average molecular weight is 707 g/mol. The van der Waals surface area contributed by atoms with Crippen LogP contribution < -0.4 is 10.2 Å². The number of hydrogen-bond donors (Lipinski definition) is 1. The third-order valence-corrected chi connectivity index (χ3v) is 10.0. The van der Waals surface area contributed by atoms with Crippen LogP contribution in [0.1, 0.15) is 102 Å². The van der Waals surface area contributed by atoms with Gasteiger partial charge in [-0.3, -0.25) is 9.59 Å². The number of rotatable bonds is 4. The van der Waals surface area contributed by atoms with Crippen LogP contribution >= 0.6 is 11.3 Å². The number of likely N-dealkylation sites (tertiary alicyclic amines) is 2. The van der Waals surface area contributed by atoms with Gasteiger partial charge in [-0.25, -0.2) is 19.6 Å². The zero-order valence-corrected chi connectivity index (χ0v) is 31.5. The van der Waals surface area contributed by atoms with Crippen molar-refractivity contribution in [3.63, 3.8) is 0 Å². The smallest absolute Gasteiger partial charge is 0.425 e. The van der Waals surface area contributed by atoms with Crippen molar-refractivity contribution in [3.8, 4) is 0 Å². The Bertz CT molecular complexity index is 1720. The summed E-state index contributed by atoms with van der Waals surface area (Å²) < 4.78 is 12.1. The lowest BCUT2D eigenvalue weighted by molar-refractivity contribution is -0.146. The van der Waals surface area contributed by atoms with Gasteiger partial charge in [-0.15, -0.1) is 11.3 Å². The number of thiazole rings is 1. The number of imide groups is 1. The lowest BCUT2D eigenvalue weighted by Gasteiger charge is -2.38. The van der Waals surface area contributed by atoms with E-state index >= 15 is 0 Å². The molecule has 5 rings (SSSR count). The van der Waals surface area contributed by atoms with Crippen LogP contribution in [-0.4, -0.2) is 81.7 Å². The van der Waals surface area contributed by atoms with Gasteiger partial charge in [0.05, 0.1) is 33.2 Å². The number of nitrogens with zero attached hydrogens (tertiary/aromatic N) is 5. The Labute approximate surface area is 298 Å². The fourth-order valence-electron chi connectivity index (χ4n) is 6.37. The molecule has 2 fully saturated rings. The SMILES string of the molecule is Cc1cc(NC(=O)C(=O)N2CC(C)CCC2c2ccc3sc(C4CCN(C)CC4)nc3c2)cnc1N(C(=O)OC(C)(C)C)C(=O)OC(C)(C)C. The highest BCUT2D eigenvalue weighted by atomic mass is 32.1. The summed E-state index contributed by atoms with van der Waals surface area (Å²) in [6.07, 6.45) is 3.27. The zero-order valence-electron chi connectivity index (χ0n) is 30.7. The van der Waals surface area contributed by atoms with E-state index in [9.17, 15) is 19.2 Å². The molecule has 1 aromatic carbocycles. The molecule has 0 aliphatic carbocycles. The van der Waals surface area contributed by atoms with Gasteiger partial charge >= 0.3 is 24.0 Å². The van der Waals surface area contributed by atoms with E-state index in [0.29, 0.717) is 18.0 Å². The first kappa shape index (κ1) is 37.2. The van der Waals surface area contributed by atoms with Crippen molar-refractivity contribution >= 4 is 57.1 Å². The maximum atomic E-state index is 13.8. The summed E-state index contributed by atoms with van der Waals surface area (Å²) in [5.41, 5.74) is 0.759. The Balaban J connectivity index is 1.33. The van der Waals surface area contributed by atoms with Crippen LogP contribution in [0.5, 0.6) is 0 Å². The summed E-state index contributed by atoms with van der Waals surface area (Å²) >= 11 is 1.75. The summed E-state index contributed by atoms with van der Waals surface area (Å²) in [6.45, 7) is 16.4. The number of benzene rings is 1. The molecule has 270 valence electrons. The highest BCUT2D eigenvalue weighted by Gasteiger charge is 2.36. The van der Waals surface area contributed by atoms with E-state index < -0.39 is 35.2 Å². The van der Waals surface area contributed by atoms with Crippen molar-refractivity contribution in [1.29, 1.82) is 0 Å². The molecule has 0 radical (unpaired) electrons. The molecule has 12 nitrogen and oxygen atoms in total. The minimum atomic E-state index is -0.951. The quantitative estimate of drug-likeness (QED) is 0.275. The second-order valence-corrected chi connectivity index (χ2v) is 16.7. The van der Waals surface area contributed by atoms with Gasteiger partial charge in [0, 0.05) is 12.5 Å². The van der Waals surface area contributed by atoms with E-state index in [1.807, 2.05) is 0 Å². The normalized spacial score (nSPS) is 19.3. The number of aryl methyl sites for hydroxylation is 1. The van der Waals surface area contributed by atoms with Crippen LogP contribution in [0.25, 0.3) is 10.2 Å². The number of piperidine rings is 2. The second kappa shape index (κ2) is 14.6. The number of pyridine rings is 1.